The maximum absolute atomic E-state index is 11.4. The summed E-state index contributed by atoms with van der Waals surface area (Å²) in [5, 5.41) is 17.8. The molecular weight excluding hydrogens is 184 g/mol. The number of hydrogen-bond acceptors (Lipinski definition) is 4. The molecule has 14 heavy (non-hydrogen) atoms. The van der Waals surface area contributed by atoms with Crippen LogP contribution < -0.4 is 0 Å². The Kier molecular flexibility index (Phi) is 4.31. The zero-order valence-corrected chi connectivity index (χ0v) is 8.52. The number of rotatable bonds is 3. The highest BCUT2D eigenvalue weighted by Gasteiger charge is 2.24. The van der Waals surface area contributed by atoms with E-state index in [1.165, 1.54) is 0 Å². The van der Waals surface area contributed by atoms with Crippen LogP contribution in [-0.4, -0.2) is 71.4 Å². The highest BCUT2D eigenvalue weighted by Crippen LogP contribution is 2.03. The standard InChI is InChI=1S/C9H18N2O3/c1-2-10-3-5-11(6-4-10)9(14)8(13)7-12/h8,12-13H,2-7H2,1H3. The van der Waals surface area contributed by atoms with E-state index in [1.54, 1.807) is 4.90 Å². The van der Waals surface area contributed by atoms with Gasteiger partial charge < -0.3 is 20.0 Å². The summed E-state index contributed by atoms with van der Waals surface area (Å²) in [5.41, 5.74) is 0. The van der Waals surface area contributed by atoms with Crippen molar-refractivity contribution in [3.8, 4) is 0 Å². The Morgan fingerprint density at radius 3 is 2.36 bits per heavy atom. The van der Waals surface area contributed by atoms with Crippen LogP contribution in [0.4, 0.5) is 0 Å². The van der Waals surface area contributed by atoms with Gasteiger partial charge in [-0.1, -0.05) is 6.92 Å². The number of carbonyl (C=O) groups is 1. The number of aliphatic hydroxyl groups is 2. The average molecular weight is 202 g/mol. The first-order chi connectivity index (χ1) is 6.69. The molecule has 5 nitrogen and oxygen atoms in total. The van der Waals surface area contributed by atoms with Gasteiger partial charge in [-0.2, -0.15) is 0 Å². The highest BCUT2D eigenvalue weighted by atomic mass is 16.3. The van der Waals surface area contributed by atoms with Crippen LogP contribution in [0.2, 0.25) is 0 Å². The summed E-state index contributed by atoms with van der Waals surface area (Å²) < 4.78 is 0. The second-order valence-electron chi connectivity index (χ2n) is 3.46. The molecule has 0 aliphatic carbocycles. The summed E-state index contributed by atoms with van der Waals surface area (Å²) in [6.45, 7) is 5.56. The quantitative estimate of drug-likeness (QED) is 0.585. The van der Waals surface area contributed by atoms with Gasteiger partial charge in [-0.25, -0.2) is 0 Å². The van der Waals surface area contributed by atoms with Crippen molar-refractivity contribution in [2.45, 2.75) is 13.0 Å². The first kappa shape index (κ1) is 11.4. The maximum Gasteiger partial charge on any atom is 0.253 e. The molecule has 0 bridgehead atoms. The van der Waals surface area contributed by atoms with Gasteiger partial charge in [0.2, 0.25) is 0 Å². The number of likely N-dealkylation sites (N-methyl/N-ethyl adjacent to an activating group) is 1. The minimum absolute atomic E-state index is 0.358. The summed E-state index contributed by atoms with van der Waals surface area (Å²) in [5.74, 6) is -0.358. The molecule has 1 heterocycles. The van der Waals surface area contributed by atoms with Crippen molar-refractivity contribution < 1.29 is 15.0 Å². The van der Waals surface area contributed by atoms with Gasteiger partial charge >= 0.3 is 0 Å². The molecule has 1 atom stereocenters. The van der Waals surface area contributed by atoms with Crippen LogP contribution in [0.3, 0.4) is 0 Å². The van der Waals surface area contributed by atoms with Crippen LogP contribution in [0.1, 0.15) is 6.92 Å². The molecule has 82 valence electrons. The average Bonchev–Trinajstić information content (AvgIpc) is 2.27. The normalized spacial score (nSPS) is 20.9. The van der Waals surface area contributed by atoms with E-state index in [1.807, 2.05) is 0 Å². The number of carbonyl (C=O) groups excluding carboxylic acids is 1. The molecule has 1 aliphatic rings. The van der Waals surface area contributed by atoms with E-state index in [9.17, 15) is 4.79 Å². The van der Waals surface area contributed by atoms with Crippen molar-refractivity contribution in [1.82, 2.24) is 9.80 Å². The SMILES string of the molecule is CCN1CCN(C(=O)C(O)CO)CC1. The lowest BCUT2D eigenvalue weighted by Crippen LogP contribution is -2.51. The third-order valence-electron chi connectivity index (χ3n) is 2.59. The molecule has 1 fully saturated rings. The van der Waals surface area contributed by atoms with E-state index in [4.69, 9.17) is 10.2 Å². The number of amides is 1. The van der Waals surface area contributed by atoms with Crippen molar-refractivity contribution in [2.24, 2.45) is 0 Å². The third-order valence-corrected chi connectivity index (χ3v) is 2.59. The van der Waals surface area contributed by atoms with Crippen LogP contribution in [-0.2, 0) is 4.79 Å². The predicted molar refractivity (Wildman–Crippen MR) is 51.8 cm³/mol. The zero-order chi connectivity index (χ0) is 10.6. The Morgan fingerprint density at radius 1 is 1.36 bits per heavy atom. The molecule has 2 N–H and O–H groups in total. The molecule has 0 spiro atoms. The molecule has 1 amide bonds. The smallest absolute Gasteiger partial charge is 0.253 e. The highest BCUT2D eigenvalue weighted by molar-refractivity contribution is 5.80. The third kappa shape index (κ3) is 2.67. The van der Waals surface area contributed by atoms with Gasteiger partial charge in [0.1, 0.15) is 0 Å². The molecule has 0 aromatic rings. The monoisotopic (exact) mass is 202 g/mol. The van der Waals surface area contributed by atoms with E-state index < -0.39 is 12.7 Å². The molecule has 1 saturated heterocycles. The van der Waals surface area contributed by atoms with Crippen LogP contribution in [0.25, 0.3) is 0 Å². The van der Waals surface area contributed by atoms with Crippen LogP contribution in [0.15, 0.2) is 0 Å². The van der Waals surface area contributed by atoms with E-state index in [-0.39, 0.29) is 5.91 Å². The Morgan fingerprint density at radius 2 is 1.93 bits per heavy atom. The largest absolute Gasteiger partial charge is 0.393 e. The molecule has 1 aliphatic heterocycles. The first-order valence-corrected chi connectivity index (χ1v) is 4.99. The summed E-state index contributed by atoms with van der Waals surface area (Å²) in [4.78, 5) is 15.3. The van der Waals surface area contributed by atoms with Crippen LogP contribution in [0, 0.1) is 0 Å². The lowest BCUT2D eigenvalue weighted by atomic mass is 10.2. The zero-order valence-electron chi connectivity index (χ0n) is 8.52. The van der Waals surface area contributed by atoms with Crippen molar-refractivity contribution >= 4 is 5.91 Å². The molecule has 0 aromatic carbocycles. The van der Waals surface area contributed by atoms with E-state index in [2.05, 4.69) is 11.8 Å². The summed E-state index contributed by atoms with van der Waals surface area (Å²) >= 11 is 0. The topological polar surface area (TPSA) is 64.0 Å². The fraction of sp³-hybridized carbons (Fsp3) is 0.889. The van der Waals surface area contributed by atoms with E-state index in [0.29, 0.717) is 13.1 Å². The first-order valence-electron chi connectivity index (χ1n) is 4.99. The minimum atomic E-state index is -1.25. The molecule has 5 heteroatoms. The van der Waals surface area contributed by atoms with Gasteiger partial charge in [-0.05, 0) is 6.54 Å². The number of nitrogens with zero attached hydrogens (tertiary/aromatic N) is 2. The Hall–Kier alpha value is -0.650. The molecule has 0 saturated carbocycles. The maximum atomic E-state index is 11.4. The summed E-state index contributed by atoms with van der Waals surface area (Å²) in [6, 6.07) is 0. The molecule has 1 unspecified atom stereocenters. The number of piperazine rings is 1. The summed E-state index contributed by atoms with van der Waals surface area (Å²) in [6.07, 6.45) is -1.25. The Balaban J connectivity index is 2.37. The van der Waals surface area contributed by atoms with Gasteiger partial charge in [0, 0.05) is 26.2 Å². The van der Waals surface area contributed by atoms with Crippen molar-refractivity contribution in [3.63, 3.8) is 0 Å². The van der Waals surface area contributed by atoms with Gasteiger partial charge in [-0.3, -0.25) is 4.79 Å². The van der Waals surface area contributed by atoms with Crippen LogP contribution >= 0.6 is 0 Å². The van der Waals surface area contributed by atoms with Gasteiger partial charge in [-0.15, -0.1) is 0 Å². The fourth-order valence-corrected chi connectivity index (χ4v) is 1.57. The number of hydrogen-bond donors (Lipinski definition) is 2. The summed E-state index contributed by atoms with van der Waals surface area (Å²) in [7, 11) is 0. The molecule has 0 radical (unpaired) electrons. The lowest BCUT2D eigenvalue weighted by molar-refractivity contribution is -0.143. The second kappa shape index (κ2) is 5.29. The van der Waals surface area contributed by atoms with E-state index in [0.717, 1.165) is 19.6 Å². The number of aliphatic hydroxyl groups excluding tert-OH is 2. The van der Waals surface area contributed by atoms with Crippen molar-refractivity contribution in [1.29, 1.82) is 0 Å². The lowest BCUT2D eigenvalue weighted by Gasteiger charge is -2.34. The van der Waals surface area contributed by atoms with Crippen LogP contribution in [0.5, 0.6) is 0 Å². The minimum Gasteiger partial charge on any atom is -0.393 e. The van der Waals surface area contributed by atoms with Crippen molar-refractivity contribution in [2.75, 3.05) is 39.3 Å². The predicted octanol–water partition coefficient (Wildman–Crippen LogP) is -1.50. The Labute approximate surface area is 83.9 Å². The van der Waals surface area contributed by atoms with Crippen molar-refractivity contribution in [3.05, 3.63) is 0 Å². The fourth-order valence-electron chi connectivity index (χ4n) is 1.57. The van der Waals surface area contributed by atoms with E-state index >= 15 is 0 Å². The molecular formula is C9H18N2O3. The Bertz CT molecular complexity index is 190. The molecule has 1 rings (SSSR count). The second-order valence-corrected chi connectivity index (χ2v) is 3.46. The molecule has 0 aromatic heterocycles. The van der Waals surface area contributed by atoms with Gasteiger partial charge in [0.15, 0.2) is 6.10 Å². The van der Waals surface area contributed by atoms with Gasteiger partial charge in [0.05, 0.1) is 6.61 Å². The van der Waals surface area contributed by atoms with Gasteiger partial charge in [0.25, 0.3) is 5.91 Å².